The van der Waals surface area contributed by atoms with Crippen LogP contribution in [0.2, 0.25) is 0 Å². The van der Waals surface area contributed by atoms with Crippen molar-refractivity contribution in [3.8, 4) is 0 Å². The predicted molar refractivity (Wildman–Crippen MR) is 269 cm³/mol. The van der Waals surface area contributed by atoms with Crippen LogP contribution in [0.15, 0.2) is 47.4 Å². The van der Waals surface area contributed by atoms with Gasteiger partial charge in [0.05, 0.1) is 29.2 Å². The molecule has 0 aliphatic heterocycles. The number of allylic oxidation sites excluding steroid dienone is 4. The predicted octanol–water partition coefficient (Wildman–Crippen LogP) is 14.7. The quantitative estimate of drug-likeness (QED) is 0.0210. The Morgan fingerprint density at radius 1 is 0.431 bits per heavy atom. The number of unbranched alkanes of at least 4 members (excludes halogenated alkanes) is 36. The third-order valence-corrected chi connectivity index (χ3v) is 13.4. The molecule has 0 heterocycles. The van der Waals surface area contributed by atoms with Gasteiger partial charge < -0.3 is 14.0 Å². The normalized spacial score (nSPS) is 11.7. The van der Waals surface area contributed by atoms with Crippen molar-refractivity contribution in [3.05, 3.63) is 53.6 Å². The molecule has 0 bridgehead atoms. The van der Waals surface area contributed by atoms with Gasteiger partial charge in [0.1, 0.15) is 10.1 Å². The molecular weight excluding hydrogens is 840 g/mol. The number of hydrogen-bond donors (Lipinski definition) is 0. The summed E-state index contributed by atoms with van der Waals surface area (Å²) in [7, 11) is -5.02. The van der Waals surface area contributed by atoms with Gasteiger partial charge in [0, 0.05) is 0 Å². The first kappa shape index (κ1) is 63.5. The summed E-state index contributed by atoms with van der Waals surface area (Å²) in [6.45, 7) is 4.75. The van der Waals surface area contributed by atoms with Crippen molar-refractivity contribution in [1.82, 2.24) is 0 Å². The zero-order valence-electron chi connectivity index (χ0n) is 42.5. The van der Waals surface area contributed by atoms with Crippen LogP contribution in [0.25, 0.3) is 0 Å². The van der Waals surface area contributed by atoms with Gasteiger partial charge in [0.2, 0.25) is 0 Å². The maximum atomic E-state index is 13.1. The molecule has 0 aliphatic carbocycles. The molecule has 1 rings (SSSR count). The van der Waals surface area contributed by atoms with Crippen molar-refractivity contribution < 1.29 is 61.6 Å². The van der Waals surface area contributed by atoms with E-state index in [0.717, 1.165) is 44.6 Å². The maximum absolute atomic E-state index is 13.1. The molecule has 0 atom stereocenters. The minimum absolute atomic E-state index is 0. The smallest absolute Gasteiger partial charge is 0.744 e. The standard InChI is InChI=1S/C56H98O7S.Na/c1-3-5-7-9-11-13-15-17-19-21-23-25-27-29-31-33-35-37-39-41-43-45-50-62-55(57)52-48-47-49-53(64(59,60)61)54(52)56(58)63-51-46-44-42-40-38-36-34-32-30-28-26-24-22-20-18-16-14-12-10-8-6-4-2;/h9-12,47-49H,3-8,13-46,50-51H2,1-2H3,(H,59,60,61);/q;+1/p-1/b11-9+,12-10+;. The molecule has 1 aromatic rings. The molecular formula is C56H97NaO7S. The fourth-order valence-corrected chi connectivity index (χ4v) is 9.08. The maximum Gasteiger partial charge on any atom is 1.00 e. The molecule has 0 saturated heterocycles. The van der Waals surface area contributed by atoms with Gasteiger partial charge in [-0.15, -0.1) is 0 Å². The Morgan fingerprint density at radius 2 is 0.708 bits per heavy atom. The van der Waals surface area contributed by atoms with Gasteiger partial charge in [-0.2, -0.15) is 0 Å². The number of benzene rings is 1. The van der Waals surface area contributed by atoms with Gasteiger partial charge in [0.25, 0.3) is 0 Å². The Kier molecular flexibility index (Phi) is 46.5. The van der Waals surface area contributed by atoms with E-state index in [-0.39, 0.29) is 48.3 Å². The van der Waals surface area contributed by atoms with Crippen LogP contribution in [-0.2, 0) is 19.6 Å². The van der Waals surface area contributed by atoms with Crippen LogP contribution < -0.4 is 29.6 Å². The summed E-state index contributed by atoms with van der Waals surface area (Å²) < 4.78 is 47.0. The number of ether oxygens (including phenoxy) is 2. The van der Waals surface area contributed by atoms with Crippen molar-refractivity contribution in [2.24, 2.45) is 0 Å². The van der Waals surface area contributed by atoms with E-state index in [9.17, 15) is 22.6 Å². The zero-order valence-corrected chi connectivity index (χ0v) is 45.3. The molecule has 0 aliphatic rings. The molecule has 7 nitrogen and oxygen atoms in total. The molecule has 1 aromatic carbocycles. The second-order valence-corrected chi connectivity index (χ2v) is 19.9. The Morgan fingerprint density at radius 3 is 1.02 bits per heavy atom. The number of carbonyl (C=O) groups is 2. The third kappa shape index (κ3) is 39.1. The SMILES string of the molecule is CCCC/C=C/CCCCCCCCCCCCCCCCCCOC(=O)c1cccc(S(=O)(=O)[O-])c1C(=O)OCCCCCCCCCCCCCCCCCC/C=C/CCCC.[Na+]. The van der Waals surface area contributed by atoms with Crippen LogP contribution in [-0.4, -0.2) is 38.1 Å². The molecule has 65 heavy (non-hydrogen) atoms. The van der Waals surface area contributed by atoms with Gasteiger partial charge in [-0.05, 0) is 63.5 Å². The summed E-state index contributed by atoms with van der Waals surface area (Å²) in [6.07, 6.45) is 59.1. The summed E-state index contributed by atoms with van der Waals surface area (Å²) in [4.78, 5) is 25.4. The van der Waals surface area contributed by atoms with Crippen molar-refractivity contribution in [3.63, 3.8) is 0 Å². The van der Waals surface area contributed by atoms with E-state index < -0.39 is 32.5 Å². The van der Waals surface area contributed by atoms with Crippen LogP contribution in [0.3, 0.4) is 0 Å². The Hall–Kier alpha value is -1.45. The van der Waals surface area contributed by atoms with Crippen LogP contribution >= 0.6 is 0 Å². The molecule has 0 radical (unpaired) electrons. The Labute approximate surface area is 423 Å². The van der Waals surface area contributed by atoms with Gasteiger partial charge in [0.15, 0.2) is 0 Å². The van der Waals surface area contributed by atoms with E-state index in [2.05, 4.69) is 38.2 Å². The molecule has 0 unspecified atom stereocenters. The molecule has 0 spiro atoms. The van der Waals surface area contributed by atoms with E-state index in [1.807, 2.05) is 0 Å². The van der Waals surface area contributed by atoms with Crippen molar-refractivity contribution in [2.45, 2.75) is 276 Å². The average Bonchev–Trinajstić information content (AvgIpc) is 3.28. The Balaban J connectivity index is 0.0000410. The molecule has 0 N–H and O–H groups in total. The molecule has 0 fully saturated rings. The molecule has 9 heteroatoms. The van der Waals surface area contributed by atoms with E-state index >= 15 is 0 Å². The van der Waals surface area contributed by atoms with Crippen molar-refractivity contribution in [2.75, 3.05) is 13.2 Å². The molecule has 0 aromatic heterocycles. The molecule has 0 saturated carbocycles. The van der Waals surface area contributed by atoms with E-state index in [1.165, 1.54) is 218 Å². The zero-order chi connectivity index (χ0) is 46.4. The van der Waals surface area contributed by atoms with Crippen molar-refractivity contribution in [1.29, 1.82) is 0 Å². The second-order valence-electron chi connectivity index (χ2n) is 18.5. The minimum Gasteiger partial charge on any atom is -0.744 e. The van der Waals surface area contributed by atoms with Gasteiger partial charge in [-0.1, -0.05) is 250 Å². The van der Waals surface area contributed by atoms with E-state index in [1.54, 1.807) is 0 Å². The van der Waals surface area contributed by atoms with Crippen LogP contribution in [0.4, 0.5) is 0 Å². The van der Waals surface area contributed by atoms with Crippen LogP contribution in [0.1, 0.15) is 291 Å². The topological polar surface area (TPSA) is 110 Å². The first-order valence-corrected chi connectivity index (χ1v) is 28.5. The number of carbonyl (C=O) groups excluding carboxylic acids is 2. The van der Waals surface area contributed by atoms with Gasteiger partial charge in [-0.25, -0.2) is 18.0 Å². The largest absolute Gasteiger partial charge is 1.00 e. The van der Waals surface area contributed by atoms with E-state index in [4.69, 9.17) is 9.47 Å². The van der Waals surface area contributed by atoms with Gasteiger partial charge >= 0.3 is 41.5 Å². The van der Waals surface area contributed by atoms with E-state index in [0.29, 0.717) is 12.8 Å². The fraction of sp³-hybridized carbons (Fsp3) is 0.786. The molecule has 370 valence electrons. The minimum atomic E-state index is -5.02. The summed E-state index contributed by atoms with van der Waals surface area (Å²) in [5.41, 5.74) is -0.767. The van der Waals surface area contributed by atoms with Crippen LogP contribution in [0, 0.1) is 0 Å². The summed E-state index contributed by atoms with van der Waals surface area (Å²) in [5.74, 6) is -1.80. The van der Waals surface area contributed by atoms with Crippen molar-refractivity contribution >= 4 is 22.1 Å². The summed E-state index contributed by atoms with van der Waals surface area (Å²) >= 11 is 0. The first-order chi connectivity index (χ1) is 31.3. The summed E-state index contributed by atoms with van der Waals surface area (Å²) in [6, 6.07) is 3.65. The first-order valence-electron chi connectivity index (χ1n) is 27.1. The van der Waals surface area contributed by atoms with Gasteiger partial charge in [-0.3, -0.25) is 0 Å². The summed E-state index contributed by atoms with van der Waals surface area (Å²) in [5, 5.41) is 0. The second kappa shape index (κ2) is 47.6. The Bertz CT molecular complexity index is 1410. The number of rotatable bonds is 47. The monoisotopic (exact) mass is 937 g/mol. The molecule has 0 amide bonds. The fourth-order valence-electron chi connectivity index (χ4n) is 8.39. The number of hydrogen-bond acceptors (Lipinski definition) is 7. The van der Waals surface area contributed by atoms with Crippen LogP contribution in [0.5, 0.6) is 0 Å². The average molecular weight is 937 g/mol. The number of esters is 2. The third-order valence-electron chi connectivity index (χ3n) is 12.5.